The Morgan fingerprint density at radius 3 is 2.67 bits per heavy atom. The highest BCUT2D eigenvalue weighted by molar-refractivity contribution is 6.30. The van der Waals surface area contributed by atoms with Gasteiger partial charge < -0.3 is 10.3 Å². The van der Waals surface area contributed by atoms with Crippen LogP contribution in [0, 0.1) is 5.21 Å². The maximum Gasteiger partial charge on any atom is 0.225 e. The lowest BCUT2D eigenvalue weighted by atomic mass is 9.82. The first-order valence-corrected chi connectivity index (χ1v) is 5.61. The zero-order valence-corrected chi connectivity index (χ0v) is 9.20. The third kappa shape index (κ3) is 2.08. The molecular formula is C11H14ClNO2. The van der Waals surface area contributed by atoms with Crippen LogP contribution >= 0.6 is 11.6 Å². The van der Waals surface area contributed by atoms with Gasteiger partial charge in [-0.3, -0.25) is 0 Å². The van der Waals surface area contributed by atoms with Crippen LogP contribution in [0.15, 0.2) is 18.3 Å². The standard InChI is InChI=1S/C11H14ClNO2/c12-9-4-7-13(15)10(8-9)11(14)5-2-1-3-6-11/h4,7-8,14H,1-3,5-6H2. The lowest BCUT2D eigenvalue weighted by molar-refractivity contribution is -0.623. The molecule has 0 spiro atoms. The number of rotatable bonds is 1. The molecule has 0 aliphatic heterocycles. The molecule has 0 amide bonds. The second kappa shape index (κ2) is 3.99. The first-order chi connectivity index (χ1) is 7.12. The average molecular weight is 228 g/mol. The molecule has 1 aromatic heterocycles. The minimum Gasteiger partial charge on any atom is -0.618 e. The number of aliphatic hydroxyl groups is 1. The van der Waals surface area contributed by atoms with Crippen molar-refractivity contribution in [3.05, 3.63) is 34.3 Å². The molecule has 1 fully saturated rings. The number of hydrogen-bond acceptors (Lipinski definition) is 2. The van der Waals surface area contributed by atoms with Gasteiger partial charge in [-0.05, 0) is 25.7 Å². The van der Waals surface area contributed by atoms with Crippen LogP contribution < -0.4 is 4.73 Å². The molecule has 3 nitrogen and oxygen atoms in total. The van der Waals surface area contributed by atoms with Gasteiger partial charge in [0.25, 0.3) is 0 Å². The second-order valence-corrected chi connectivity index (χ2v) is 4.58. The molecule has 82 valence electrons. The van der Waals surface area contributed by atoms with E-state index in [1.54, 1.807) is 6.07 Å². The summed E-state index contributed by atoms with van der Waals surface area (Å²) in [6, 6.07) is 3.10. The summed E-state index contributed by atoms with van der Waals surface area (Å²) in [6.07, 6.45) is 5.70. The molecule has 4 heteroatoms. The first-order valence-electron chi connectivity index (χ1n) is 5.23. The molecule has 1 heterocycles. The van der Waals surface area contributed by atoms with Gasteiger partial charge in [-0.1, -0.05) is 18.0 Å². The van der Waals surface area contributed by atoms with Gasteiger partial charge >= 0.3 is 0 Å². The summed E-state index contributed by atoms with van der Waals surface area (Å²) in [5.41, 5.74) is -0.597. The van der Waals surface area contributed by atoms with Crippen LogP contribution in [0.3, 0.4) is 0 Å². The Morgan fingerprint density at radius 2 is 2.00 bits per heavy atom. The van der Waals surface area contributed by atoms with Crippen LogP contribution in [0.4, 0.5) is 0 Å². The van der Waals surface area contributed by atoms with E-state index in [1.807, 2.05) is 0 Å². The van der Waals surface area contributed by atoms with Crippen molar-refractivity contribution in [2.45, 2.75) is 37.7 Å². The van der Waals surface area contributed by atoms with Gasteiger partial charge in [-0.15, -0.1) is 0 Å². The second-order valence-electron chi connectivity index (χ2n) is 4.15. The summed E-state index contributed by atoms with van der Waals surface area (Å²) in [5, 5.41) is 22.4. The monoisotopic (exact) mass is 227 g/mol. The van der Waals surface area contributed by atoms with Crippen LogP contribution in [0.1, 0.15) is 37.8 Å². The van der Waals surface area contributed by atoms with Gasteiger partial charge in [-0.25, -0.2) is 0 Å². The van der Waals surface area contributed by atoms with Crippen LogP contribution in [0.2, 0.25) is 5.02 Å². The molecule has 0 atom stereocenters. The van der Waals surface area contributed by atoms with Crippen molar-refractivity contribution in [1.29, 1.82) is 0 Å². The Bertz CT molecular complexity index is 362. The van der Waals surface area contributed by atoms with E-state index in [0.717, 1.165) is 24.0 Å². The Balaban J connectivity index is 2.38. The van der Waals surface area contributed by atoms with Crippen molar-refractivity contribution in [2.24, 2.45) is 0 Å². The maximum atomic E-state index is 11.6. The molecule has 15 heavy (non-hydrogen) atoms. The van der Waals surface area contributed by atoms with E-state index in [2.05, 4.69) is 0 Å². The quantitative estimate of drug-likeness (QED) is 0.590. The van der Waals surface area contributed by atoms with E-state index in [0.29, 0.717) is 23.6 Å². The molecule has 1 aromatic rings. The highest BCUT2D eigenvalue weighted by Crippen LogP contribution is 2.35. The van der Waals surface area contributed by atoms with Crippen molar-refractivity contribution in [3.63, 3.8) is 0 Å². The Morgan fingerprint density at radius 1 is 1.33 bits per heavy atom. The van der Waals surface area contributed by atoms with Crippen LogP contribution in [-0.2, 0) is 5.60 Å². The highest BCUT2D eigenvalue weighted by Gasteiger charge is 2.37. The number of pyridine rings is 1. The van der Waals surface area contributed by atoms with E-state index in [9.17, 15) is 10.3 Å². The smallest absolute Gasteiger partial charge is 0.225 e. The molecule has 0 bridgehead atoms. The molecule has 1 aliphatic carbocycles. The lowest BCUT2D eigenvalue weighted by Gasteiger charge is -2.29. The molecule has 0 saturated heterocycles. The predicted molar refractivity (Wildman–Crippen MR) is 57.4 cm³/mol. The summed E-state index contributed by atoms with van der Waals surface area (Å²) in [7, 11) is 0. The highest BCUT2D eigenvalue weighted by atomic mass is 35.5. The van der Waals surface area contributed by atoms with Crippen molar-refractivity contribution in [3.8, 4) is 0 Å². The molecule has 1 N–H and O–H groups in total. The van der Waals surface area contributed by atoms with Crippen molar-refractivity contribution >= 4 is 11.6 Å². The van der Waals surface area contributed by atoms with E-state index < -0.39 is 5.60 Å². The fourth-order valence-corrected chi connectivity index (χ4v) is 2.35. The predicted octanol–water partition coefficient (Wildman–Crippen LogP) is 2.13. The molecular weight excluding hydrogens is 214 g/mol. The molecule has 0 radical (unpaired) electrons. The van der Waals surface area contributed by atoms with Crippen LogP contribution in [0.25, 0.3) is 0 Å². The number of halogens is 1. The van der Waals surface area contributed by atoms with Crippen molar-refractivity contribution in [2.75, 3.05) is 0 Å². The topological polar surface area (TPSA) is 47.2 Å². The molecule has 1 aliphatic rings. The zero-order chi connectivity index (χ0) is 10.9. The fourth-order valence-electron chi connectivity index (χ4n) is 2.19. The van der Waals surface area contributed by atoms with Gasteiger partial charge in [0.2, 0.25) is 5.69 Å². The average Bonchev–Trinajstić information content (AvgIpc) is 2.23. The summed E-state index contributed by atoms with van der Waals surface area (Å²) in [6.45, 7) is 0. The normalized spacial score (nSPS) is 20.1. The van der Waals surface area contributed by atoms with Gasteiger partial charge in [0.15, 0.2) is 6.20 Å². The van der Waals surface area contributed by atoms with E-state index in [-0.39, 0.29) is 0 Å². The number of aromatic nitrogens is 1. The Hall–Kier alpha value is -0.800. The maximum absolute atomic E-state index is 11.6. The Labute approximate surface area is 93.9 Å². The molecule has 0 aromatic carbocycles. The zero-order valence-electron chi connectivity index (χ0n) is 8.45. The van der Waals surface area contributed by atoms with Gasteiger partial charge in [0, 0.05) is 12.1 Å². The minimum absolute atomic E-state index is 0.384. The molecule has 0 unspecified atom stereocenters. The number of nitrogens with zero attached hydrogens (tertiary/aromatic N) is 1. The van der Waals surface area contributed by atoms with Gasteiger partial charge in [-0.2, -0.15) is 4.73 Å². The van der Waals surface area contributed by atoms with E-state index in [1.165, 1.54) is 12.3 Å². The summed E-state index contributed by atoms with van der Waals surface area (Å²) < 4.78 is 0.719. The third-order valence-corrected chi connectivity index (χ3v) is 3.27. The third-order valence-electron chi connectivity index (χ3n) is 3.04. The van der Waals surface area contributed by atoms with Crippen molar-refractivity contribution in [1.82, 2.24) is 0 Å². The molecule has 2 rings (SSSR count). The summed E-state index contributed by atoms with van der Waals surface area (Å²) in [5.74, 6) is 0. The Kier molecular flexibility index (Phi) is 2.85. The largest absolute Gasteiger partial charge is 0.618 e. The first kappa shape index (κ1) is 10.7. The minimum atomic E-state index is -0.981. The summed E-state index contributed by atoms with van der Waals surface area (Å²) >= 11 is 5.83. The number of hydrogen-bond donors (Lipinski definition) is 1. The van der Waals surface area contributed by atoms with Gasteiger partial charge in [0.05, 0.1) is 5.02 Å². The van der Waals surface area contributed by atoms with Crippen molar-refractivity contribution < 1.29 is 9.84 Å². The SMILES string of the molecule is [O-][n+]1ccc(Cl)cc1C1(O)CCCCC1. The van der Waals surface area contributed by atoms with Gasteiger partial charge in [0.1, 0.15) is 5.60 Å². The summed E-state index contributed by atoms with van der Waals surface area (Å²) in [4.78, 5) is 0. The van der Waals surface area contributed by atoms with E-state index in [4.69, 9.17) is 11.6 Å². The molecule has 1 saturated carbocycles. The van der Waals surface area contributed by atoms with E-state index >= 15 is 0 Å². The lowest BCUT2D eigenvalue weighted by Crippen LogP contribution is -2.43. The fraction of sp³-hybridized carbons (Fsp3) is 0.545. The van der Waals surface area contributed by atoms with Crippen LogP contribution in [0.5, 0.6) is 0 Å². The van der Waals surface area contributed by atoms with Crippen LogP contribution in [-0.4, -0.2) is 5.11 Å².